The minimum atomic E-state index is -0.399. The molecule has 2 aliphatic rings. The molecule has 3 heterocycles. The lowest BCUT2D eigenvalue weighted by atomic mass is 10.1. The summed E-state index contributed by atoms with van der Waals surface area (Å²) in [6, 6.07) is 3.38. The first-order chi connectivity index (χ1) is 13.3. The van der Waals surface area contributed by atoms with Crippen LogP contribution in [0.25, 0.3) is 0 Å². The predicted molar refractivity (Wildman–Crippen MR) is 96.7 cm³/mol. The van der Waals surface area contributed by atoms with Crippen LogP contribution in [-0.4, -0.2) is 52.2 Å². The number of nitrogens with zero attached hydrogens (tertiary/aromatic N) is 4. The molecule has 2 aromatic heterocycles. The number of pyridine rings is 1. The maximum atomic E-state index is 13.0. The smallest absolute Gasteiger partial charge is 0.242 e. The van der Waals surface area contributed by atoms with E-state index >= 15 is 0 Å². The van der Waals surface area contributed by atoms with Gasteiger partial charge in [0.25, 0.3) is 0 Å². The van der Waals surface area contributed by atoms with E-state index in [-0.39, 0.29) is 12.5 Å². The third-order valence-corrected chi connectivity index (χ3v) is 5.27. The minimum Gasteiger partial charge on any atom is -0.379 e. The van der Waals surface area contributed by atoms with Gasteiger partial charge in [0.2, 0.25) is 11.8 Å². The number of aromatic nitrogens is 3. The summed E-state index contributed by atoms with van der Waals surface area (Å²) in [5.41, 5.74) is 0.872. The normalized spacial score (nSPS) is 19.9. The Morgan fingerprint density at radius 3 is 2.85 bits per heavy atom. The SMILES string of the molecule is O=C(NCc1noc(C2CCCC2)n1)[C@@H](c1cccnc1)N1CCOCC1. The monoisotopic (exact) mass is 371 g/mol. The summed E-state index contributed by atoms with van der Waals surface area (Å²) >= 11 is 0. The van der Waals surface area contributed by atoms with Crippen LogP contribution in [0, 0.1) is 0 Å². The van der Waals surface area contributed by atoms with Crippen LogP contribution in [-0.2, 0) is 16.1 Å². The van der Waals surface area contributed by atoms with Gasteiger partial charge in [0.15, 0.2) is 5.82 Å². The van der Waals surface area contributed by atoms with Crippen LogP contribution in [0.5, 0.6) is 0 Å². The number of rotatable bonds is 6. The highest BCUT2D eigenvalue weighted by Crippen LogP contribution is 2.32. The van der Waals surface area contributed by atoms with E-state index in [2.05, 4.69) is 25.3 Å². The van der Waals surface area contributed by atoms with Crippen molar-refractivity contribution in [3.05, 3.63) is 41.8 Å². The summed E-state index contributed by atoms with van der Waals surface area (Å²) in [6.45, 7) is 2.93. The number of morpholine rings is 1. The van der Waals surface area contributed by atoms with Crippen molar-refractivity contribution in [1.82, 2.24) is 25.3 Å². The Hall–Kier alpha value is -2.32. The van der Waals surface area contributed by atoms with E-state index in [9.17, 15) is 4.79 Å². The van der Waals surface area contributed by atoms with Gasteiger partial charge in [0.1, 0.15) is 6.04 Å². The van der Waals surface area contributed by atoms with E-state index in [0.29, 0.717) is 43.9 Å². The Labute approximate surface area is 158 Å². The van der Waals surface area contributed by atoms with E-state index in [1.54, 1.807) is 12.4 Å². The average Bonchev–Trinajstić information content (AvgIpc) is 3.40. The molecule has 0 bridgehead atoms. The van der Waals surface area contributed by atoms with E-state index in [0.717, 1.165) is 18.4 Å². The average molecular weight is 371 g/mol. The summed E-state index contributed by atoms with van der Waals surface area (Å²) < 4.78 is 10.8. The zero-order valence-electron chi connectivity index (χ0n) is 15.3. The van der Waals surface area contributed by atoms with Crippen LogP contribution in [0.4, 0.5) is 0 Å². The molecule has 1 N–H and O–H groups in total. The molecule has 0 unspecified atom stereocenters. The molecule has 4 rings (SSSR count). The summed E-state index contributed by atoms with van der Waals surface area (Å²) in [5.74, 6) is 1.52. The molecule has 0 aromatic carbocycles. The fraction of sp³-hybridized carbons (Fsp3) is 0.579. The molecule has 2 fully saturated rings. The second kappa shape index (κ2) is 8.58. The summed E-state index contributed by atoms with van der Waals surface area (Å²) in [6.07, 6.45) is 8.09. The summed E-state index contributed by atoms with van der Waals surface area (Å²) in [5, 5.41) is 7.00. The highest BCUT2D eigenvalue weighted by molar-refractivity contribution is 5.83. The van der Waals surface area contributed by atoms with E-state index in [4.69, 9.17) is 9.26 Å². The molecular weight excluding hydrogens is 346 g/mol. The lowest BCUT2D eigenvalue weighted by molar-refractivity contribution is -0.128. The maximum Gasteiger partial charge on any atom is 0.242 e. The molecule has 144 valence electrons. The van der Waals surface area contributed by atoms with Gasteiger partial charge in [0, 0.05) is 31.4 Å². The quantitative estimate of drug-likeness (QED) is 0.828. The number of amides is 1. The highest BCUT2D eigenvalue weighted by atomic mass is 16.5. The van der Waals surface area contributed by atoms with Crippen molar-refractivity contribution in [3.8, 4) is 0 Å². The van der Waals surface area contributed by atoms with Crippen LogP contribution >= 0.6 is 0 Å². The molecule has 27 heavy (non-hydrogen) atoms. The van der Waals surface area contributed by atoms with Gasteiger partial charge in [-0.1, -0.05) is 24.1 Å². The number of carbonyl (C=O) groups excluding carboxylic acids is 1. The molecule has 1 atom stereocenters. The molecule has 8 heteroatoms. The minimum absolute atomic E-state index is 0.0860. The summed E-state index contributed by atoms with van der Waals surface area (Å²) in [7, 11) is 0. The van der Waals surface area contributed by atoms with Gasteiger partial charge in [-0.25, -0.2) is 0 Å². The van der Waals surface area contributed by atoms with Crippen molar-refractivity contribution in [1.29, 1.82) is 0 Å². The van der Waals surface area contributed by atoms with Crippen LogP contribution in [0.3, 0.4) is 0 Å². The van der Waals surface area contributed by atoms with Crippen LogP contribution in [0.1, 0.15) is 54.9 Å². The van der Waals surface area contributed by atoms with Crippen molar-refractivity contribution in [2.45, 2.75) is 44.2 Å². The Kier molecular flexibility index (Phi) is 5.74. The third-order valence-electron chi connectivity index (χ3n) is 5.27. The molecular formula is C19H25N5O3. The van der Waals surface area contributed by atoms with E-state index < -0.39 is 6.04 Å². The second-order valence-electron chi connectivity index (χ2n) is 7.09. The molecule has 1 aliphatic heterocycles. The fourth-order valence-corrected chi connectivity index (χ4v) is 3.84. The Balaban J connectivity index is 1.42. The standard InChI is InChI=1S/C19H25N5O3/c25-18(21-13-16-22-19(27-23-16)14-4-1-2-5-14)17(15-6-3-7-20-12-15)24-8-10-26-11-9-24/h3,6-7,12,14,17H,1-2,4-5,8-11,13H2,(H,21,25)/t17-/m1/s1. The predicted octanol–water partition coefficient (Wildman–Crippen LogP) is 1.81. The molecule has 0 spiro atoms. The lowest BCUT2D eigenvalue weighted by Gasteiger charge is -2.33. The van der Waals surface area contributed by atoms with Gasteiger partial charge in [-0.3, -0.25) is 14.7 Å². The van der Waals surface area contributed by atoms with Gasteiger partial charge in [-0.15, -0.1) is 0 Å². The Bertz CT molecular complexity index is 739. The lowest BCUT2D eigenvalue weighted by Crippen LogP contribution is -2.45. The zero-order valence-corrected chi connectivity index (χ0v) is 15.3. The van der Waals surface area contributed by atoms with Crippen molar-refractivity contribution >= 4 is 5.91 Å². The number of nitrogens with one attached hydrogen (secondary N) is 1. The van der Waals surface area contributed by atoms with E-state index in [1.165, 1.54) is 12.8 Å². The van der Waals surface area contributed by atoms with Crippen molar-refractivity contribution in [3.63, 3.8) is 0 Å². The number of ether oxygens (including phenoxy) is 1. The second-order valence-corrected chi connectivity index (χ2v) is 7.09. The van der Waals surface area contributed by atoms with Crippen molar-refractivity contribution in [2.24, 2.45) is 0 Å². The number of hydrogen-bond donors (Lipinski definition) is 1. The number of hydrogen-bond acceptors (Lipinski definition) is 7. The van der Waals surface area contributed by atoms with Crippen molar-refractivity contribution < 1.29 is 14.1 Å². The highest BCUT2D eigenvalue weighted by Gasteiger charge is 2.29. The maximum absolute atomic E-state index is 13.0. The first-order valence-electron chi connectivity index (χ1n) is 9.63. The fourth-order valence-electron chi connectivity index (χ4n) is 3.84. The molecule has 1 saturated heterocycles. The zero-order chi connectivity index (χ0) is 18.5. The molecule has 0 radical (unpaired) electrons. The topological polar surface area (TPSA) is 93.4 Å². The van der Waals surface area contributed by atoms with Gasteiger partial charge in [-0.2, -0.15) is 4.98 Å². The van der Waals surface area contributed by atoms with Gasteiger partial charge < -0.3 is 14.6 Å². The Morgan fingerprint density at radius 2 is 2.11 bits per heavy atom. The number of carbonyl (C=O) groups is 1. The van der Waals surface area contributed by atoms with Crippen LogP contribution in [0.15, 0.2) is 29.0 Å². The first-order valence-corrected chi connectivity index (χ1v) is 9.63. The molecule has 8 nitrogen and oxygen atoms in total. The van der Waals surface area contributed by atoms with Gasteiger partial charge in [0.05, 0.1) is 19.8 Å². The van der Waals surface area contributed by atoms with Gasteiger partial charge >= 0.3 is 0 Å². The summed E-state index contributed by atoms with van der Waals surface area (Å²) in [4.78, 5) is 23.7. The molecule has 2 aromatic rings. The largest absolute Gasteiger partial charge is 0.379 e. The molecule has 1 amide bonds. The van der Waals surface area contributed by atoms with Gasteiger partial charge in [-0.05, 0) is 24.5 Å². The molecule has 1 aliphatic carbocycles. The third kappa shape index (κ3) is 4.33. The Morgan fingerprint density at radius 1 is 1.30 bits per heavy atom. The van der Waals surface area contributed by atoms with E-state index in [1.807, 2.05) is 12.1 Å². The van der Waals surface area contributed by atoms with Crippen LogP contribution in [0.2, 0.25) is 0 Å². The molecule has 1 saturated carbocycles. The van der Waals surface area contributed by atoms with Crippen LogP contribution < -0.4 is 5.32 Å². The first kappa shape index (κ1) is 18.1. The van der Waals surface area contributed by atoms with Crippen molar-refractivity contribution in [2.75, 3.05) is 26.3 Å².